The Balaban J connectivity index is 1.96. The van der Waals surface area contributed by atoms with Gasteiger partial charge in [0, 0.05) is 43.2 Å². The van der Waals surface area contributed by atoms with Crippen molar-refractivity contribution in [2.24, 2.45) is 10.9 Å². The standard InChI is InChI=1S/C21H32F2N4O3/c1-13(2)26-19(28)14-6-5-7-16(10-14)27-21(24-3)25-12-15-8-9-17(29-4)11-18(15)30-20(22)23/h8-9,11,13-14,16,20H,5-7,10,12H2,1-4H3,(H,26,28)(H2,24,25,27). The van der Waals surface area contributed by atoms with Gasteiger partial charge in [0.1, 0.15) is 11.5 Å². The SMILES string of the molecule is CN=C(NCc1ccc(OC)cc1OC(F)F)NC1CCCC(C(=O)NC(C)C)C1. The maximum atomic E-state index is 12.7. The summed E-state index contributed by atoms with van der Waals surface area (Å²) in [6.45, 7) is 1.22. The summed E-state index contributed by atoms with van der Waals surface area (Å²) < 4.78 is 35.2. The van der Waals surface area contributed by atoms with E-state index in [4.69, 9.17) is 4.74 Å². The topological polar surface area (TPSA) is 84.0 Å². The second-order valence-corrected chi connectivity index (χ2v) is 7.65. The van der Waals surface area contributed by atoms with Gasteiger partial charge in [-0.3, -0.25) is 9.79 Å². The van der Waals surface area contributed by atoms with Crippen LogP contribution in [0.3, 0.4) is 0 Å². The Morgan fingerprint density at radius 2 is 2.07 bits per heavy atom. The number of methoxy groups -OCH3 is 1. The van der Waals surface area contributed by atoms with Crippen LogP contribution in [0.1, 0.15) is 45.1 Å². The van der Waals surface area contributed by atoms with Gasteiger partial charge < -0.3 is 25.4 Å². The summed E-state index contributed by atoms with van der Waals surface area (Å²) in [5.41, 5.74) is 0.553. The van der Waals surface area contributed by atoms with Gasteiger partial charge in [0.2, 0.25) is 5.91 Å². The van der Waals surface area contributed by atoms with Gasteiger partial charge in [0.15, 0.2) is 5.96 Å². The second-order valence-electron chi connectivity index (χ2n) is 7.65. The maximum Gasteiger partial charge on any atom is 0.387 e. The first-order chi connectivity index (χ1) is 14.3. The number of amides is 1. The average molecular weight is 427 g/mol. The molecular weight excluding hydrogens is 394 g/mol. The lowest BCUT2D eigenvalue weighted by Crippen LogP contribution is -2.47. The first-order valence-corrected chi connectivity index (χ1v) is 10.2. The van der Waals surface area contributed by atoms with Gasteiger partial charge in [-0.05, 0) is 45.2 Å². The van der Waals surface area contributed by atoms with Crippen LogP contribution in [0.15, 0.2) is 23.2 Å². The predicted octanol–water partition coefficient (Wildman–Crippen LogP) is 3.05. The lowest BCUT2D eigenvalue weighted by molar-refractivity contribution is -0.126. The number of nitrogens with one attached hydrogen (secondary N) is 3. The molecule has 1 fully saturated rings. The average Bonchev–Trinajstić information content (AvgIpc) is 2.71. The number of alkyl halides is 2. The normalized spacial score (nSPS) is 19.5. The second kappa shape index (κ2) is 11.6. The third kappa shape index (κ3) is 7.35. The molecule has 2 unspecified atom stereocenters. The number of hydrogen-bond acceptors (Lipinski definition) is 4. The largest absolute Gasteiger partial charge is 0.497 e. The van der Waals surface area contributed by atoms with Crippen LogP contribution in [0.5, 0.6) is 11.5 Å². The molecule has 0 aliphatic heterocycles. The van der Waals surface area contributed by atoms with Crippen LogP contribution in [-0.4, -0.2) is 44.7 Å². The van der Waals surface area contributed by atoms with E-state index >= 15 is 0 Å². The number of rotatable bonds is 8. The molecule has 9 heteroatoms. The smallest absolute Gasteiger partial charge is 0.387 e. The van der Waals surface area contributed by atoms with Gasteiger partial charge in [0.05, 0.1) is 7.11 Å². The van der Waals surface area contributed by atoms with Gasteiger partial charge >= 0.3 is 6.61 Å². The number of benzene rings is 1. The van der Waals surface area contributed by atoms with Crippen molar-refractivity contribution in [3.8, 4) is 11.5 Å². The summed E-state index contributed by atoms with van der Waals surface area (Å²) in [4.78, 5) is 16.5. The number of carbonyl (C=O) groups excluding carboxylic acids is 1. The van der Waals surface area contributed by atoms with E-state index in [1.54, 1.807) is 19.2 Å². The fourth-order valence-electron chi connectivity index (χ4n) is 3.54. The number of aliphatic imine (C=N–C) groups is 1. The fourth-order valence-corrected chi connectivity index (χ4v) is 3.54. The van der Waals surface area contributed by atoms with E-state index in [1.807, 2.05) is 13.8 Å². The van der Waals surface area contributed by atoms with Crippen molar-refractivity contribution in [3.05, 3.63) is 23.8 Å². The minimum Gasteiger partial charge on any atom is -0.497 e. The van der Waals surface area contributed by atoms with Crippen LogP contribution in [0.25, 0.3) is 0 Å². The van der Waals surface area contributed by atoms with Crippen molar-refractivity contribution < 1.29 is 23.0 Å². The van der Waals surface area contributed by atoms with Crippen molar-refractivity contribution in [2.45, 2.75) is 64.8 Å². The lowest BCUT2D eigenvalue weighted by atomic mass is 9.85. The highest BCUT2D eigenvalue weighted by Crippen LogP contribution is 2.27. The summed E-state index contributed by atoms with van der Waals surface area (Å²) in [6, 6.07) is 5.02. The lowest BCUT2D eigenvalue weighted by Gasteiger charge is -2.30. The first kappa shape index (κ1) is 23.7. The van der Waals surface area contributed by atoms with Crippen molar-refractivity contribution in [2.75, 3.05) is 14.2 Å². The number of guanidine groups is 1. The molecule has 1 aromatic carbocycles. The molecule has 1 saturated carbocycles. The third-order valence-corrected chi connectivity index (χ3v) is 4.98. The summed E-state index contributed by atoms with van der Waals surface area (Å²) in [6.07, 6.45) is 3.49. The Morgan fingerprint density at radius 3 is 2.70 bits per heavy atom. The quantitative estimate of drug-likeness (QED) is 0.440. The van der Waals surface area contributed by atoms with Gasteiger partial charge in [-0.25, -0.2) is 0 Å². The molecule has 0 heterocycles. The summed E-state index contributed by atoms with van der Waals surface area (Å²) in [5, 5.41) is 9.46. The molecule has 0 aromatic heterocycles. The van der Waals surface area contributed by atoms with Crippen molar-refractivity contribution in [1.82, 2.24) is 16.0 Å². The zero-order chi connectivity index (χ0) is 22.1. The Kier molecular flexibility index (Phi) is 9.14. The van der Waals surface area contributed by atoms with E-state index in [2.05, 4.69) is 25.7 Å². The van der Waals surface area contributed by atoms with Gasteiger partial charge in [-0.15, -0.1) is 0 Å². The van der Waals surface area contributed by atoms with Crippen LogP contribution in [-0.2, 0) is 11.3 Å². The fraction of sp³-hybridized carbons (Fsp3) is 0.619. The highest BCUT2D eigenvalue weighted by atomic mass is 19.3. The molecular formula is C21H32F2N4O3. The molecule has 0 radical (unpaired) electrons. The third-order valence-electron chi connectivity index (χ3n) is 4.98. The van der Waals surface area contributed by atoms with E-state index in [0.29, 0.717) is 17.3 Å². The number of hydrogen-bond donors (Lipinski definition) is 3. The van der Waals surface area contributed by atoms with Gasteiger partial charge in [-0.1, -0.05) is 6.42 Å². The molecule has 1 aliphatic rings. The van der Waals surface area contributed by atoms with Crippen LogP contribution in [0, 0.1) is 5.92 Å². The maximum absolute atomic E-state index is 12.7. The van der Waals surface area contributed by atoms with E-state index in [-0.39, 0.29) is 36.2 Å². The number of carbonyl (C=O) groups is 1. The zero-order valence-corrected chi connectivity index (χ0v) is 18.0. The van der Waals surface area contributed by atoms with Crippen molar-refractivity contribution in [3.63, 3.8) is 0 Å². The van der Waals surface area contributed by atoms with E-state index in [1.165, 1.54) is 13.2 Å². The molecule has 0 bridgehead atoms. The Morgan fingerprint density at radius 1 is 1.30 bits per heavy atom. The zero-order valence-electron chi connectivity index (χ0n) is 18.0. The molecule has 7 nitrogen and oxygen atoms in total. The molecule has 0 spiro atoms. The first-order valence-electron chi connectivity index (χ1n) is 10.2. The summed E-state index contributed by atoms with van der Waals surface area (Å²) in [5.74, 6) is 1.10. The van der Waals surface area contributed by atoms with Crippen LogP contribution in [0.4, 0.5) is 8.78 Å². The molecule has 1 amide bonds. The number of ether oxygens (including phenoxy) is 2. The molecule has 1 aromatic rings. The highest BCUT2D eigenvalue weighted by Gasteiger charge is 2.28. The predicted molar refractivity (Wildman–Crippen MR) is 112 cm³/mol. The molecule has 2 atom stereocenters. The summed E-state index contributed by atoms with van der Waals surface area (Å²) >= 11 is 0. The van der Waals surface area contributed by atoms with Crippen LogP contribution < -0.4 is 25.4 Å². The summed E-state index contributed by atoms with van der Waals surface area (Å²) in [7, 11) is 3.11. The minimum absolute atomic E-state index is 0.0237. The van der Waals surface area contributed by atoms with Crippen LogP contribution >= 0.6 is 0 Å². The van der Waals surface area contributed by atoms with E-state index < -0.39 is 6.61 Å². The number of nitrogens with zero attached hydrogens (tertiary/aromatic N) is 1. The molecule has 3 N–H and O–H groups in total. The van der Waals surface area contributed by atoms with Gasteiger partial charge in [-0.2, -0.15) is 8.78 Å². The molecule has 2 rings (SSSR count). The van der Waals surface area contributed by atoms with E-state index in [0.717, 1.165) is 25.7 Å². The minimum atomic E-state index is -2.93. The van der Waals surface area contributed by atoms with E-state index in [9.17, 15) is 13.6 Å². The highest BCUT2D eigenvalue weighted by molar-refractivity contribution is 5.81. The number of halogens is 2. The molecule has 168 valence electrons. The van der Waals surface area contributed by atoms with Crippen LogP contribution in [0.2, 0.25) is 0 Å². The Bertz CT molecular complexity index is 728. The monoisotopic (exact) mass is 426 g/mol. The van der Waals surface area contributed by atoms with Crippen molar-refractivity contribution in [1.29, 1.82) is 0 Å². The Hall–Kier alpha value is -2.58. The van der Waals surface area contributed by atoms with Crippen molar-refractivity contribution >= 4 is 11.9 Å². The molecule has 0 saturated heterocycles. The van der Waals surface area contributed by atoms with Gasteiger partial charge in [0.25, 0.3) is 0 Å². The Labute approximate surface area is 176 Å². The molecule has 30 heavy (non-hydrogen) atoms. The molecule has 1 aliphatic carbocycles.